The van der Waals surface area contributed by atoms with Crippen molar-refractivity contribution >= 4 is 0 Å². The molecule has 0 saturated heterocycles. The zero-order valence-electron chi connectivity index (χ0n) is 9.30. The van der Waals surface area contributed by atoms with Crippen LogP contribution in [0.4, 0.5) is 0 Å². The second-order valence-corrected chi connectivity index (χ2v) is 3.74. The van der Waals surface area contributed by atoms with Crippen LogP contribution in [0, 0.1) is 6.92 Å². The van der Waals surface area contributed by atoms with Crippen LogP contribution in [0.2, 0.25) is 0 Å². The van der Waals surface area contributed by atoms with Crippen molar-refractivity contribution in [2.24, 2.45) is 0 Å². The number of hydrogen-bond acceptors (Lipinski definition) is 2. The van der Waals surface area contributed by atoms with E-state index in [0.29, 0.717) is 0 Å². The second kappa shape index (κ2) is 4.96. The summed E-state index contributed by atoms with van der Waals surface area (Å²) < 4.78 is 2.00. The first-order chi connectivity index (χ1) is 6.63. The highest BCUT2D eigenvalue weighted by Crippen LogP contribution is 2.07. The lowest BCUT2D eigenvalue weighted by atomic mass is 10.2. The molecule has 3 heteroatoms. The molecule has 0 bridgehead atoms. The summed E-state index contributed by atoms with van der Waals surface area (Å²) in [5, 5.41) is 7.57. The van der Waals surface area contributed by atoms with Crippen molar-refractivity contribution < 1.29 is 0 Å². The summed E-state index contributed by atoms with van der Waals surface area (Å²) in [5.74, 6) is 0. The highest BCUT2D eigenvalue weighted by Gasteiger charge is 2.02. The van der Waals surface area contributed by atoms with Crippen LogP contribution in [-0.4, -0.2) is 16.8 Å². The molecule has 0 aliphatic rings. The predicted molar refractivity (Wildman–Crippen MR) is 59.2 cm³/mol. The summed E-state index contributed by atoms with van der Waals surface area (Å²) in [7, 11) is 1.95. The fourth-order valence-electron chi connectivity index (χ4n) is 1.34. The summed E-state index contributed by atoms with van der Waals surface area (Å²) in [6, 6.07) is 0. The Kier molecular flexibility index (Phi) is 3.89. The molecule has 78 valence electrons. The second-order valence-electron chi connectivity index (χ2n) is 3.74. The topological polar surface area (TPSA) is 29.9 Å². The highest BCUT2D eigenvalue weighted by molar-refractivity contribution is 5.15. The summed E-state index contributed by atoms with van der Waals surface area (Å²) in [6.07, 6.45) is 3.11. The van der Waals surface area contributed by atoms with Crippen LogP contribution in [0.5, 0.6) is 0 Å². The van der Waals surface area contributed by atoms with Crippen LogP contribution >= 0.6 is 0 Å². The summed E-state index contributed by atoms with van der Waals surface area (Å²) in [4.78, 5) is 0. The van der Waals surface area contributed by atoms with E-state index >= 15 is 0 Å². The maximum absolute atomic E-state index is 4.44. The fourth-order valence-corrected chi connectivity index (χ4v) is 1.34. The molecule has 1 rings (SSSR count). The van der Waals surface area contributed by atoms with E-state index in [-0.39, 0.29) is 0 Å². The molecule has 3 nitrogen and oxygen atoms in total. The SMILES string of the molecule is C=C(C)CCn1cc(CNC)c(C)n1. The average molecular weight is 193 g/mol. The maximum atomic E-state index is 4.44. The van der Waals surface area contributed by atoms with Gasteiger partial charge in [0.1, 0.15) is 0 Å². The van der Waals surface area contributed by atoms with Gasteiger partial charge >= 0.3 is 0 Å². The summed E-state index contributed by atoms with van der Waals surface area (Å²) >= 11 is 0. The van der Waals surface area contributed by atoms with Gasteiger partial charge < -0.3 is 5.32 Å². The molecular weight excluding hydrogens is 174 g/mol. The van der Waals surface area contributed by atoms with Crippen molar-refractivity contribution in [3.05, 3.63) is 29.6 Å². The lowest BCUT2D eigenvalue weighted by molar-refractivity contribution is 0.608. The molecule has 14 heavy (non-hydrogen) atoms. The molecule has 0 radical (unpaired) electrons. The molecule has 0 fully saturated rings. The Bertz CT molecular complexity index is 312. The van der Waals surface area contributed by atoms with Crippen molar-refractivity contribution in [2.45, 2.75) is 33.4 Å². The fraction of sp³-hybridized carbons (Fsp3) is 0.545. The van der Waals surface area contributed by atoms with Gasteiger partial charge in [0.05, 0.1) is 5.69 Å². The quantitative estimate of drug-likeness (QED) is 0.724. The Labute approximate surface area is 85.8 Å². The molecular formula is C11H19N3. The number of nitrogens with zero attached hydrogens (tertiary/aromatic N) is 2. The molecule has 0 aromatic carbocycles. The van der Waals surface area contributed by atoms with Crippen molar-refractivity contribution in [2.75, 3.05) is 7.05 Å². The van der Waals surface area contributed by atoms with Crippen molar-refractivity contribution in [3.8, 4) is 0 Å². The van der Waals surface area contributed by atoms with Crippen LogP contribution in [0.15, 0.2) is 18.3 Å². The standard InChI is InChI=1S/C11H19N3/c1-9(2)5-6-14-8-11(7-12-4)10(3)13-14/h8,12H,1,5-7H2,2-4H3. The minimum Gasteiger partial charge on any atom is -0.316 e. The molecule has 0 saturated carbocycles. The van der Waals surface area contributed by atoms with Crippen molar-refractivity contribution in [1.29, 1.82) is 0 Å². The largest absolute Gasteiger partial charge is 0.316 e. The minimum atomic E-state index is 0.888. The number of nitrogens with one attached hydrogen (secondary N) is 1. The molecule has 0 spiro atoms. The van der Waals surface area contributed by atoms with Gasteiger partial charge in [-0.3, -0.25) is 4.68 Å². The van der Waals surface area contributed by atoms with Gasteiger partial charge in [0.2, 0.25) is 0 Å². The summed E-state index contributed by atoms with van der Waals surface area (Å²) in [6.45, 7) is 9.79. The number of aryl methyl sites for hydroxylation is 2. The average Bonchev–Trinajstić information content (AvgIpc) is 2.45. The molecule has 0 aliphatic heterocycles. The van der Waals surface area contributed by atoms with E-state index in [1.807, 2.05) is 25.6 Å². The van der Waals surface area contributed by atoms with E-state index < -0.39 is 0 Å². The smallest absolute Gasteiger partial charge is 0.0638 e. The molecule has 1 aromatic heterocycles. The number of rotatable bonds is 5. The summed E-state index contributed by atoms with van der Waals surface area (Å²) in [5.41, 5.74) is 3.59. The van der Waals surface area contributed by atoms with Crippen LogP contribution in [0.25, 0.3) is 0 Å². The number of hydrogen-bond donors (Lipinski definition) is 1. The van der Waals surface area contributed by atoms with Gasteiger partial charge in [-0.1, -0.05) is 5.57 Å². The monoisotopic (exact) mass is 193 g/mol. The maximum Gasteiger partial charge on any atom is 0.0638 e. The molecule has 1 heterocycles. The van der Waals surface area contributed by atoms with E-state index in [1.54, 1.807) is 0 Å². The van der Waals surface area contributed by atoms with Crippen molar-refractivity contribution in [3.63, 3.8) is 0 Å². The lowest BCUT2D eigenvalue weighted by Crippen LogP contribution is -2.05. The Hall–Kier alpha value is -1.09. The van der Waals surface area contributed by atoms with Crippen LogP contribution in [0.1, 0.15) is 24.6 Å². The Balaban J connectivity index is 2.61. The minimum absolute atomic E-state index is 0.888. The van der Waals surface area contributed by atoms with E-state index in [2.05, 4.69) is 23.2 Å². The van der Waals surface area contributed by atoms with Crippen LogP contribution in [-0.2, 0) is 13.1 Å². The first kappa shape index (κ1) is 11.0. The van der Waals surface area contributed by atoms with Gasteiger partial charge in [0.15, 0.2) is 0 Å². The zero-order valence-corrected chi connectivity index (χ0v) is 9.30. The first-order valence-corrected chi connectivity index (χ1v) is 4.95. The van der Waals surface area contributed by atoms with Crippen LogP contribution < -0.4 is 5.32 Å². The lowest BCUT2D eigenvalue weighted by Gasteiger charge is -1.99. The van der Waals surface area contributed by atoms with Gasteiger partial charge in [-0.05, 0) is 27.3 Å². The van der Waals surface area contributed by atoms with E-state index in [9.17, 15) is 0 Å². The zero-order chi connectivity index (χ0) is 10.6. The van der Waals surface area contributed by atoms with E-state index in [1.165, 1.54) is 11.1 Å². The van der Waals surface area contributed by atoms with Crippen LogP contribution in [0.3, 0.4) is 0 Å². The van der Waals surface area contributed by atoms with Gasteiger partial charge in [-0.2, -0.15) is 5.10 Å². The highest BCUT2D eigenvalue weighted by atomic mass is 15.3. The third-order valence-corrected chi connectivity index (χ3v) is 2.18. The Morgan fingerprint density at radius 2 is 2.36 bits per heavy atom. The third kappa shape index (κ3) is 3.00. The molecule has 0 atom stereocenters. The predicted octanol–water partition coefficient (Wildman–Crippen LogP) is 1.88. The van der Waals surface area contributed by atoms with Gasteiger partial charge in [-0.25, -0.2) is 0 Å². The molecule has 1 N–H and O–H groups in total. The van der Waals surface area contributed by atoms with Gasteiger partial charge in [0.25, 0.3) is 0 Å². The normalized spacial score (nSPS) is 10.5. The first-order valence-electron chi connectivity index (χ1n) is 4.95. The number of allylic oxidation sites excluding steroid dienone is 1. The molecule has 0 amide bonds. The molecule has 0 unspecified atom stereocenters. The van der Waals surface area contributed by atoms with Gasteiger partial charge in [0, 0.05) is 24.8 Å². The third-order valence-electron chi connectivity index (χ3n) is 2.18. The molecule has 0 aliphatic carbocycles. The Morgan fingerprint density at radius 1 is 1.64 bits per heavy atom. The van der Waals surface area contributed by atoms with Gasteiger partial charge in [-0.15, -0.1) is 6.58 Å². The molecule has 1 aromatic rings. The van der Waals surface area contributed by atoms with Crippen molar-refractivity contribution in [1.82, 2.24) is 15.1 Å². The number of aromatic nitrogens is 2. The van der Waals surface area contributed by atoms with E-state index in [0.717, 1.165) is 25.2 Å². The Morgan fingerprint density at radius 3 is 2.93 bits per heavy atom. The van der Waals surface area contributed by atoms with E-state index in [4.69, 9.17) is 0 Å².